The van der Waals surface area contributed by atoms with Gasteiger partial charge in [-0.2, -0.15) is 0 Å². The molecule has 1 aliphatic heterocycles. The lowest BCUT2D eigenvalue weighted by Gasteiger charge is -2.29. The molecule has 3 rings (SSSR count). The van der Waals surface area contributed by atoms with Crippen LogP contribution in [-0.4, -0.2) is 72.0 Å². The van der Waals surface area contributed by atoms with Gasteiger partial charge in [0.2, 0.25) is 0 Å². The van der Waals surface area contributed by atoms with Gasteiger partial charge in [0.25, 0.3) is 11.7 Å². The van der Waals surface area contributed by atoms with Gasteiger partial charge in [-0.25, -0.2) is 0 Å². The molecule has 0 bridgehead atoms. The van der Waals surface area contributed by atoms with Gasteiger partial charge in [0, 0.05) is 36.6 Å². The van der Waals surface area contributed by atoms with Crippen LogP contribution >= 0.6 is 0 Å². The molecule has 170 valence electrons. The summed E-state index contributed by atoms with van der Waals surface area (Å²) in [5.74, 6) is -0.576. The molecule has 32 heavy (non-hydrogen) atoms. The number of rotatable bonds is 9. The highest BCUT2D eigenvalue weighted by Gasteiger charge is 2.47. The zero-order valence-corrected chi connectivity index (χ0v) is 18.9. The van der Waals surface area contributed by atoms with Crippen molar-refractivity contribution in [1.29, 1.82) is 0 Å². The third-order valence-corrected chi connectivity index (χ3v) is 5.78. The number of benzene rings is 1. The number of Topliss-reactive ketones (excluding diaryl/α,β-unsaturated/α-hetero) is 1. The minimum absolute atomic E-state index is 0.0206. The number of amides is 1. The van der Waals surface area contributed by atoms with Crippen LogP contribution < -0.4 is 9.47 Å². The highest BCUT2D eigenvalue weighted by Crippen LogP contribution is 2.43. The monoisotopic (exact) mass is 439 g/mol. The maximum atomic E-state index is 13.1. The van der Waals surface area contributed by atoms with Crippen molar-refractivity contribution in [2.45, 2.75) is 19.9 Å². The van der Waals surface area contributed by atoms with E-state index in [-0.39, 0.29) is 11.3 Å². The van der Waals surface area contributed by atoms with Crippen molar-refractivity contribution in [3.05, 3.63) is 59.4 Å². The first-order valence-corrected chi connectivity index (χ1v) is 10.6. The van der Waals surface area contributed by atoms with E-state index in [1.807, 2.05) is 13.8 Å². The predicted octanol–water partition coefficient (Wildman–Crippen LogP) is 2.86. The minimum atomic E-state index is -0.816. The lowest BCUT2D eigenvalue weighted by atomic mass is 9.94. The summed E-state index contributed by atoms with van der Waals surface area (Å²) < 4.78 is 10.9. The molecule has 1 saturated heterocycles. The van der Waals surface area contributed by atoms with Crippen molar-refractivity contribution in [1.82, 2.24) is 14.8 Å². The average molecular weight is 440 g/mol. The summed E-state index contributed by atoms with van der Waals surface area (Å²) in [4.78, 5) is 33.9. The van der Waals surface area contributed by atoms with Crippen LogP contribution in [0.25, 0.3) is 5.76 Å². The molecular weight excluding hydrogens is 410 g/mol. The molecule has 1 atom stereocenters. The van der Waals surface area contributed by atoms with Gasteiger partial charge in [0.1, 0.15) is 17.3 Å². The molecule has 0 radical (unpaired) electrons. The number of hydrogen-bond donors (Lipinski definition) is 1. The summed E-state index contributed by atoms with van der Waals surface area (Å²) >= 11 is 0. The number of pyridine rings is 1. The van der Waals surface area contributed by atoms with Crippen LogP contribution in [0.1, 0.15) is 31.0 Å². The Labute approximate surface area is 188 Å². The molecule has 0 aliphatic carbocycles. The number of aliphatic hydroxyl groups is 1. The fourth-order valence-corrected chi connectivity index (χ4v) is 3.94. The molecular formula is C24H29N3O5. The normalized spacial score (nSPS) is 17.8. The number of ketones is 1. The van der Waals surface area contributed by atoms with E-state index in [1.165, 1.54) is 24.4 Å². The zero-order chi connectivity index (χ0) is 23.3. The first-order valence-electron chi connectivity index (χ1n) is 10.6. The van der Waals surface area contributed by atoms with Gasteiger partial charge in [0.15, 0.2) is 0 Å². The van der Waals surface area contributed by atoms with E-state index in [9.17, 15) is 14.7 Å². The number of nitrogens with zero attached hydrogens (tertiary/aromatic N) is 3. The van der Waals surface area contributed by atoms with E-state index in [0.717, 1.165) is 13.1 Å². The second-order valence-corrected chi connectivity index (χ2v) is 7.36. The lowest BCUT2D eigenvalue weighted by Crippen LogP contribution is -2.38. The number of carbonyl (C=O) groups is 2. The number of ether oxygens (including phenoxy) is 2. The first kappa shape index (κ1) is 23.3. The summed E-state index contributed by atoms with van der Waals surface area (Å²) in [6, 6.07) is 7.58. The van der Waals surface area contributed by atoms with Gasteiger partial charge in [0.05, 0.1) is 25.8 Å². The Morgan fingerprint density at radius 2 is 1.78 bits per heavy atom. The molecule has 1 N–H and O–H groups in total. The predicted molar refractivity (Wildman–Crippen MR) is 121 cm³/mol. The first-order chi connectivity index (χ1) is 15.5. The third-order valence-electron chi connectivity index (χ3n) is 5.78. The molecule has 8 nitrogen and oxygen atoms in total. The van der Waals surface area contributed by atoms with Crippen molar-refractivity contribution in [2.75, 3.05) is 40.4 Å². The van der Waals surface area contributed by atoms with Gasteiger partial charge in [-0.1, -0.05) is 13.8 Å². The largest absolute Gasteiger partial charge is 0.507 e. The Kier molecular flexibility index (Phi) is 7.48. The molecule has 1 aromatic heterocycles. The molecule has 2 aromatic rings. The Bertz CT molecular complexity index is 1000. The van der Waals surface area contributed by atoms with E-state index in [4.69, 9.17) is 9.47 Å². The second-order valence-electron chi connectivity index (χ2n) is 7.36. The SMILES string of the molecule is CCN(CC)CCN1C(=O)C(=O)/C(=C(/O)c2ccncc2)[C@H]1c1cc(OC)ccc1OC. The number of carbonyl (C=O) groups excluding carboxylic acids is 2. The minimum Gasteiger partial charge on any atom is -0.507 e. The van der Waals surface area contributed by atoms with Crippen molar-refractivity contribution in [3.63, 3.8) is 0 Å². The maximum absolute atomic E-state index is 13.1. The summed E-state index contributed by atoms with van der Waals surface area (Å²) in [6.45, 7) is 6.66. The Balaban J connectivity index is 2.18. The summed E-state index contributed by atoms with van der Waals surface area (Å²) in [5.41, 5.74) is 1.00. The van der Waals surface area contributed by atoms with Gasteiger partial charge in [-0.3, -0.25) is 14.6 Å². The van der Waals surface area contributed by atoms with Gasteiger partial charge in [-0.05, 0) is 43.4 Å². The Hall–Kier alpha value is -3.39. The number of aromatic nitrogens is 1. The van der Waals surface area contributed by atoms with E-state index >= 15 is 0 Å². The van der Waals surface area contributed by atoms with Crippen LogP contribution in [0.15, 0.2) is 48.3 Å². The molecule has 0 spiro atoms. The average Bonchev–Trinajstić information content (AvgIpc) is 3.09. The summed E-state index contributed by atoms with van der Waals surface area (Å²) in [6.07, 6.45) is 3.04. The van der Waals surface area contributed by atoms with E-state index in [0.29, 0.717) is 35.7 Å². The van der Waals surface area contributed by atoms with Crippen LogP contribution in [-0.2, 0) is 9.59 Å². The lowest BCUT2D eigenvalue weighted by molar-refractivity contribution is -0.140. The molecule has 2 heterocycles. The Morgan fingerprint density at radius 3 is 2.38 bits per heavy atom. The van der Waals surface area contributed by atoms with Crippen LogP contribution in [0.5, 0.6) is 11.5 Å². The number of hydrogen-bond acceptors (Lipinski definition) is 7. The number of likely N-dealkylation sites (tertiary alicyclic amines) is 1. The number of likely N-dealkylation sites (N-methyl/N-ethyl adjacent to an activating group) is 1. The maximum Gasteiger partial charge on any atom is 0.295 e. The molecule has 1 amide bonds. The molecule has 1 fully saturated rings. The highest BCUT2D eigenvalue weighted by atomic mass is 16.5. The summed E-state index contributed by atoms with van der Waals surface area (Å²) in [5, 5.41) is 11.1. The third kappa shape index (κ3) is 4.45. The van der Waals surface area contributed by atoms with Crippen molar-refractivity contribution >= 4 is 17.4 Å². The molecule has 0 saturated carbocycles. The van der Waals surface area contributed by atoms with Crippen molar-refractivity contribution < 1.29 is 24.2 Å². The second kappa shape index (κ2) is 10.3. The summed E-state index contributed by atoms with van der Waals surface area (Å²) in [7, 11) is 3.07. The molecule has 1 aliphatic rings. The molecule has 1 aromatic carbocycles. The van der Waals surface area contributed by atoms with Gasteiger partial charge >= 0.3 is 0 Å². The van der Waals surface area contributed by atoms with E-state index in [1.54, 1.807) is 37.4 Å². The smallest absolute Gasteiger partial charge is 0.295 e. The quantitative estimate of drug-likeness (QED) is 0.365. The fourth-order valence-electron chi connectivity index (χ4n) is 3.94. The van der Waals surface area contributed by atoms with Crippen LogP contribution in [0, 0.1) is 0 Å². The van der Waals surface area contributed by atoms with Crippen LogP contribution in [0.3, 0.4) is 0 Å². The Morgan fingerprint density at radius 1 is 1.09 bits per heavy atom. The van der Waals surface area contributed by atoms with Gasteiger partial charge < -0.3 is 24.4 Å². The van der Waals surface area contributed by atoms with Crippen LogP contribution in [0.2, 0.25) is 0 Å². The van der Waals surface area contributed by atoms with Crippen molar-refractivity contribution in [2.24, 2.45) is 0 Å². The van der Waals surface area contributed by atoms with Gasteiger partial charge in [-0.15, -0.1) is 0 Å². The number of methoxy groups -OCH3 is 2. The van der Waals surface area contributed by atoms with E-state index in [2.05, 4.69) is 9.88 Å². The highest BCUT2D eigenvalue weighted by molar-refractivity contribution is 6.46. The molecule has 8 heteroatoms. The van der Waals surface area contributed by atoms with Crippen LogP contribution in [0.4, 0.5) is 0 Å². The molecule has 0 unspecified atom stereocenters. The standard InChI is InChI=1S/C24H29N3O5/c1-5-26(6-2)13-14-27-21(18-15-17(31-3)7-8-19(18)32-4)20(23(29)24(27)30)22(28)16-9-11-25-12-10-16/h7-12,15,21,28H,5-6,13-14H2,1-4H3/b22-20+/t21-/m1/s1. The van der Waals surface area contributed by atoms with Crippen molar-refractivity contribution in [3.8, 4) is 11.5 Å². The zero-order valence-electron chi connectivity index (χ0n) is 18.9. The van der Waals surface area contributed by atoms with E-state index < -0.39 is 17.7 Å². The number of aliphatic hydroxyl groups excluding tert-OH is 1. The fraction of sp³-hybridized carbons (Fsp3) is 0.375. The topological polar surface area (TPSA) is 92.2 Å².